The largest absolute Gasteiger partial charge is 0.398 e. The van der Waals surface area contributed by atoms with Gasteiger partial charge in [0.2, 0.25) is 0 Å². The van der Waals surface area contributed by atoms with Crippen molar-refractivity contribution in [1.29, 1.82) is 0 Å². The highest BCUT2D eigenvalue weighted by atomic mass is 16.1. The van der Waals surface area contributed by atoms with Crippen LogP contribution in [0.2, 0.25) is 0 Å². The first-order valence-electron chi connectivity index (χ1n) is 6.58. The molecule has 0 radical (unpaired) electrons. The van der Waals surface area contributed by atoms with E-state index in [-0.39, 0.29) is 5.91 Å². The summed E-state index contributed by atoms with van der Waals surface area (Å²) in [6.45, 7) is 3.24. The number of hydrogen-bond donors (Lipinski definition) is 2. The van der Waals surface area contributed by atoms with Gasteiger partial charge in [-0.25, -0.2) is 4.98 Å². The van der Waals surface area contributed by atoms with Crippen LogP contribution in [-0.2, 0) is 0 Å². The van der Waals surface area contributed by atoms with Crippen LogP contribution < -0.4 is 11.1 Å². The summed E-state index contributed by atoms with van der Waals surface area (Å²) in [6, 6.07) is 7.45. The lowest BCUT2D eigenvalue weighted by molar-refractivity contribution is 0.0947. The lowest BCUT2D eigenvalue weighted by Crippen LogP contribution is -2.32. The minimum atomic E-state index is -0.161. The second kappa shape index (κ2) is 5.88. The number of nitrogens with one attached hydrogen (secondary N) is 1. The van der Waals surface area contributed by atoms with Crippen molar-refractivity contribution in [1.82, 2.24) is 15.2 Å². The SMILES string of the molecule is Cc1cc2c(N)cccc2c(C(=O)NCCN(C)C)n1. The van der Waals surface area contributed by atoms with Crippen LogP contribution in [0.25, 0.3) is 10.8 Å². The van der Waals surface area contributed by atoms with Crippen LogP contribution in [0.3, 0.4) is 0 Å². The van der Waals surface area contributed by atoms with E-state index in [2.05, 4.69) is 10.3 Å². The molecule has 0 atom stereocenters. The molecule has 106 valence electrons. The van der Waals surface area contributed by atoms with Gasteiger partial charge in [0.25, 0.3) is 5.91 Å². The number of nitrogens with two attached hydrogens (primary N) is 1. The molecule has 0 fully saturated rings. The Morgan fingerprint density at radius 1 is 1.35 bits per heavy atom. The van der Waals surface area contributed by atoms with Crippen molar-refractivity contribution in [2.75, 3.05) is 32.9 Å². The van der Waals surface area contributed by atoms with E-state index in [1.54, 1.807) is 0 Å². The van der Waals surface area contributed by atoms with E-state index >= 15 is 0 Å². The zero-order valence-electron chi connectivity index (χ0n) is 12.1. The van der Waals surface area contributed by atoms with Crippen molar-refractivity contribution in [3.8, 4) is 0 Å². The monoisotopic (exact) mass is 272 g/mol. The molecular weight excluding hydrogens is 252 g/mol. The molecule has 2 aromatic rings. The minimum Gasteiger partial charge on any atom is -0.398 e. The summed E-state index contributed by atoms with van der Waals surface area (Å²) < 4.78 is 0. The fraction of sp³-hybridized carbons (Fsp3) is 0.333. The van der Waals surface area contributed by atoms with Gasteiger partial charge in [0, 0.05) is 35.2 Å². The highest BCUT2D eigenvalue weighted by Gasteiger charge is 2.13. The first-order valence-corrected chi connectivity index (χ1v) is 6.58. The maximum Gasteiger partial charge on any atom is 0.270 e. The van der Waals surface area contributed by atoms with E-state index in [0.717, 1.165) is 23.0 Å². The lowest BCUT2D eigenvalue weighted by atomic mass is 10.1. The summed E-state index contributed by atoms with van der Waals surface area (Å²) >= 11 is 0. The topological polar surface area (TPSA) is 71.2 Å². The van der Waals surface area contributed by atoms with Gasteiger partial charge in [-0.2, -0.15) is 0 Å². The van der Waals surface area contributed by atoms with Gasteiger partial charge in [0.1, 0.15) is 5.69 Å². The molecule has 0 saturated carbocycles. The number of rotatable bonds is 4. The van der Waals surface area contributed by atoms with Crippen LogP contribution >= 0.6 is 0 Å². The predicted octanol–water partition coefficient (Wildman–Crippen LogP) is 1.42. The highest BCUT2D eigenvalue weighted by molar-refractivity contribution is 6.08. The van der Waals surface area contributed by atoms with Crippen LogP contribution in [0.15, 0.2) is 24.3 Å². The summed E-state index contributed by atoms with van der Waals surface area (Å²) in [5.41, 5.74) is 7.85. The molecule has 0 saturated heterocycles. The number of carbonyl (C=O) groups is 1. The van der Waals surface area contributed by atoms with Crippen molar-refractivity contribution < 1.29 is 4.79 Å². The zero-order chi connectivity index (χ0) is 14.7. The number of pyridine rings is 1. The molecule has 20 heavy (non-hydrogen) atoms. The van der Waals surface area contributed by atoms with Crippen molar-refractivity contribution >= 4 is 22.4 Å². The smallest absolute Gasteiger partial charge is 0.270 e. The Morgan fingerprint density at radius 3 is 2.80 bits per heavy atom. The first-order chi connectivity index (χ1) is 9.49. The van der Waals surface area contributed by atoms with E-state index < -0.39 is 0 Å². The first kappa shape index (κ1) is 14.3. The van der Waals surface area contributed by atoms with E-state index in [0.29, 0.717) is 17.9 Å². The number of likely N-dealkylation sites (N-methyl/N-ethyl adjacent to an activating group) is 1. The lowest BCUT2D eigenvalue weighted by Gasteiger charge is -2.12. The molecule has 3 N–H and O–H groups in total. The molecule has 0 aliphatic heterocycles. The van der Waals surface area contributed by atoms with Gasteiger partial charge in [-0.3, -0.25) is 4.79 Å². The van der Waals surface area contributed by atoms with Gasteiger partial charge in [-0.1, -0.05) is 12.1 Å². The van der Waals surface area contributed by atoms with Gasteiger partial charge in [0.15, 0.2) is 0 Å². The third-order valence-electron chi connectivity index (χ3n) is 3.10. The molecule has 1 aromatic heterocycles. The van der Waals surface area contributed by atoms with Crippen molar-refractivity contribution in [2.45, 2.75) is 6.92 Å². The molecule has 5 heteroatoms. The molecule has 0 aliphatic carbocycles. The summed E-state index contributed by atoms with van der Waals surface area (Å²) in [4.78, 5) is 18.6. The molecule has 5 nitrogen and oxygen atoms in total. The fourth-order valence-electron chi connectivity index (χ4n) is 2.08. The predicted molar refractivity (Wildman–Crippen MR) is 81.8 cm³/mol. The molecule has 2 rings (SSSR count). The van der Waals surface area contributed by atoms with Crippen LogP contribution in [0.4, 0.5) is 5.69 Å². The molecule has 0 unspecified atom stereocenters. The summed E-state index contributed by atoms with van der Waals surface area (Å²) in [7, 11) is 3.93. The number of carbonyl (C=O) groups excluding carboxylic acids is 1. The van der Waals surface area contributed by atoms with Gasteiger partial charge < -0.3 is 16.0 Å². The number of benzene rings is 1. The fourth-order valence-corrected chi connectivity index (χ4v) is 2.08. The molecular formula is C15H20N4O. The summed E-state index contributed by atoms with van der Waals surface area (Å²) in [5, 5.41) is 4.55. The number of amides is 1. The number of nitrogen functional groups attached to an aromatic ring is 1. The van der Waals surface area contributed by atoms with E-state index in [9.17, 15) is 4.79 Å². The zero-order valence-corrected chi connectivity index (χ0v) is 12.1. The van der Waals surface area contributed by atoms with E-state index in [1.165, 1.54) is 0 Å². The van der Waals surface area contributed by atoms with Crippen molar-refractivity contribution in [3.63, 3.8) is 0 Å². The van der Waals surface area contributed by atoms with E-state index in [1.807, 2.05) is 50.2 Å². The number of aromatic nitrogens is 1. The Morgan fingerprint density at radius 2 is 2.10 bits per heavy atom. The second-order valence-corrected chi connectivity index (χ2v) is 5.11. The average molecular weight is 272 g/mol. The van der Waals surface area contributed by atoms with Crippen LogP contribution in [0, 0.1) is 6.92 Å². The maximum atomic E-state index is 12.3. The standard InChI is InChI=1S/C15H20N4O/c1-10-9-12-11(5-4-6-13(12)16)14(18-10)15(20)17-7-8-19(2)3/h4-6,9H,7-8,16H2,1-3H3,(H,17,20). The normalized spacial score (nSPS) is 11.0. The third kappa shape index (κ3) is 3.05. The maximum absolute atomic E-state index is 12.3. The Bertz CT molecular complexity index is 637. The van der Waals surface area contributed by atoms with E-state index in [4.69, 9.17) is 5.73 Å². The Labute approximate surface area is 118 Å². The number of hydrogen-bond acceptors (Lipinski definition) is 4. The van der Waals surface area contributed by atoms with Crippen LogP contribution in [0.1, 0.15) is 16.2 Å². The quantitative estimate of drug-likeness (QED) is 0.826. The number of nitrogens with zero attached hydrogens (tertiary/aromatic N) is 2. The third-order valence-corrected chi connectivity index (χ3v) is 3.10. The number of aryl methyl sites for hydroxylation is 1. The van der Waals surface area contributed by atoms with Crippen LogP contribution in [-0.4, -0.2) is 43.0 Å². The van der Waals surface area contributed by atoms with Gasteiger partial charge >= 0.3 is 0 Å². The molecule has 1 heterocycles. The molecule has 0 spiro atoms. The van der Waals surface area contributed by atoms with Crippen molar-refractivity contribution in [3.05, 3.63) is 35.7 Å². The Balaban J connectivity index is 2.33. The summed E-state index contributed by atoms with van der Waals surface area (Å²) in [5.74, 6) is -0.161. The Kier molecular flexibility index (Phi) is 4.20. The second-order valence-electron chi connectivity index (χ2n) is 5.11. The number of fused-ring (bicyclic) bond motifs is 1. The summed E-state index contributed by atoms with van der Waals surface area (Å²) in [6.07, 6.45) is 0. The Hall–Kier alpha value is -2.14. The van der Waals surface area contributed by atoms with Gasteiger partial charge in [0.05, 0.1) is 0 Å². The molecule has 1 aromatic carbocycles. The molecule has 0 bridgehead atoms. The number of anilines is 1. The van der Waals surface area contributed by atoms with Crippen molar-refractivity contribution in [2.24, 2.45) is 0 Å². The molecule has 0 aliphatic rings. The highest BCUT2D eigenvalue weighted by Crippen LogP contribution is 2.23. The average Bonchev–Trinajstić information content (AvgIpc) is 2.38. The van der Waals surface area contributed by atoms with Gasteiger partial charge in [-0.15, -0.1) is 0 Å². The van der Waals surface area contributed by atoms with Crippen LogP contribution in [0.5, 0.6) is 0 Å². The van der Waals surface area contributed by atoms with Gasteiger partial charge in [-0.05, 0) is 33.2 Å². The molecule has 1 amide bonds. The minimum absolute atomic E-state index is 0.161.